The third-order valence-electron chi connectivity index (χ3n) is 5.60. The van der Waals surface area contributed by atoms with Crippen LogP contribution in [0.4, 0.5) is 0 Å². The SMILES string of the molecule is C=C[C@]1(COP(=O)(N[C@@H](C)C(=O)OC(C)C)Oc2ccccc2)O[C@@H](N2C=CC(=O)CC2=O)[C@H](O)[C@@H]1O. The van der Waals surface area contributed by atoms with Crippen molar-refractivity contribution in [2.45, 2.75) is 63.4 Å². The van der Waals surface area contributed by atoms with Gasteiger partial charge in [-0.25, -0.2) is 4.57 Å². The maximum Gasteiger partial charge on any atom is 0.459 e. The number of hydrogen-bond acceptors (Lipinski definition) is 10. The highest BCUT2D eigenvalue weighted by Crippen LogP contribution is 2.47. The molecule has 0 aliphatic carbocycles. The zero-order chi connectivity index (χ0) is 27.4. The van der Waals surface area contributed by atoms with E-state index in [-0.39, 0.29) is 5.75 Å². The number of carbonyl (C=O) groups is 3. The highest BCUT2D eigenvalue weighted by molar-refractivity contribution is 7.52. The number of hydrogen-bond donors (Lipinski definition) is 3. The second kappa shape index (κ2) is 11.7. The van der Waals surface area contributed by atoms with Crippen LogP contribution in [0.25, 0.3) is 0 Å². The van der Waals surface area contributed by atoms with Gasteiger partial charge in [0.25, 0.3) is 0 Å². The highest BCUT2D eigenvalue weighted by Gasteiger charge is 2.56. The number of benzene rings is 1. The lowest BCUT2D eigenvalue weighted by Crippen LogP contribution is -2.46. The number of nitrogens with zero attached hydrogens (tertiary/aromatic N) is 1. The van der Waals surface area contributed by atoms with E-state index in [1.54, 1.807) is 32.0 Å². The molecule has 13 heteroatoms. The molecule has 1 aromatic rings. The first-order chi connectivity index (χ1) is 17.4. The molecule has 3 rings (SSSR count). The summed E-state index contributed by atoms with van der Waals surface area (Å²) in [6.07, 6.45) is -2.06. The fraction of sp³-hybridized carbons (Fsp3) is 0.458. The Kier molecular flexibility index (Phi) is 9.06. The standard InChI is InChI=1S/C24H31N2O10P/c1-5-24(21(30)20(29)22(35-24)26-12-11-17(27)13-19(26)28)14-33-37(32,36-18-9-7-6-8-10-18)25-16(4)23(31)34-15(2)3/h5-12,15-16,20-22,29-30H,1,13-14H2,2-4H3,(H,25,32)/t16-,20+,21-,22+,24+,37?/m0/s1. The van der Waals surface area contributed by atoms with Gasteiger partial charge >= 0.3 is 13.7 Å². The summed E-state index contributed by atoms with van der Waals surface area (Å²) in [5, 5.41) is 24.0. The van der Waals surface area contributed by atoms with Crippen molar-refractivity contribution in [1.29, 1.82) is 0 Å². The fourth-order valence-corrected chi connectivity index (χ4v) is 5.20. The number of amides is 1. The molecular formula is C24H31N2O10P. The molecule has 1 amide bonds. The summed E-state index contributed by atoms with van der Waals surface area (Å²) in [4.78, 5) is 37.2. The van der Waals surface area contributed by atoms with E-state index >= 15 is 0 Å². The van der Waals surface area contributed by atoms with Crippen molar-refractivity contribution in [3.63, 3.8) is 0 Å². The van der Waals surface area contributed by atoms with Gasteiger partial charge in [-0.1, -0.05) is 24.3 Å². The number of allylic oxidation sites excluding steroid dienone is 1. The Morgan fingerprint density at radius 2 is 1.97 bits per heavy atom. The average Bonchev–Trinajstić information content (AvgIpc) is 3.08. The van der Waals surface area contributed by atoms with E-state index < -0.39 is 74.6 Å². The lowest BCUT2D eigenvalue weighted by Gasteiger charge is -2.32. The molecule has 3 N–H and O–H groups in total. The number of rotatable bonds is 11. The summed E-state index contributed by atoms with van der Waals surface area (Å²) >= 11 is 0. The van der Waals surface area contributed by atoms with Crippen LogP contribution in [-0.4, -0.2) is 75.6 Å². The van der Waals surface area contributed by atoms with Crippen molar-refractivity contribution in [3.05, 3.63) is 55.3 Å². The van der Waals surface area contributed by atoms with E-state index in [0.29, 0.717) is 0 Å². The summed E-state index contributed by atoms with van der Waals surface area (Å²) < 4.78 is 35.9. The summed E-state index contributed by atoms with van der Waals surface area (Å²) in [6.45, 7) is 7.72. The van der Waals surface area contributed by atoms with Crippen LogP contribution in [0.3, 0.4) is 0 Å². The Labute approximate surface area is 214 Å². The van der Waals surface area contributed by atoms with Crippen molar-refractivity contribution >= 4 is 25.4 Å². The third kappa shape index (κ3) is 6.72. The highest BCUT2D eigenvalue weighted by atomic mass is 31.2. The zero-order valence-electron chi connectivity index (χ0n) is 20.7. The number of para-hydroxylation sites is 1. The normalized spacial score (nSPS) is 28.2. The molecule has 1 fully saturated rings. The van der Waals surface area contributed by atoms with E-state index in [1.807, 2.05) is 0 Å². The fourth-order valence-electron chi connectivity index (χ4n) is 3.67. The maximum absolute atomic E-state index is 13.7. The summed E-state index contributed by atoms with van der Waals surface area (Å²) in [6, 6.07) is 6.93. The monoisotopic (exact) mass is 538 g/mol. The number of carbonyl (C=O) groups excluding carboxylic acids is 3. The minimum Gasteiger partial charge on any atom is -0.462 e. The first-order valence-corrected chi connectivity index (χ1v) is 13.1. The van der Waals surface area contributed by atoms with Crippen molar-refractivity contribution in [2.75, 3.05) is 6.61 Å². The van der Waals surface area contributed by atoms with Crippen molar-refractivity contribution in [3.8, 4) is 5.75 Å². The van der Waals surface area contributed by atoms with Crippen LogP contribution in [-0.2, 0) is 32.9 Å². The number of aliphatic hydroxyl groups excluding tert-OH is 2. The average molecular weight is 538 g/mol. The predicted molar refractivity (Wildman–Crippen MR) is 130 cm³/mol. The Morgan fingerprint density at radius 1 is 1.30 bits per heavy atom. The lowest BCUT2D eigenvalue weighted by molar-refractivity contribution is -0.153. The Balaban J connectivity index is 1.83. The zero-order valence-corrected chi connectivity index (χ0v) is 21.6. The van der Waals surface area contributed by atoms with Gasteiger partial charge in [-0.2, -0.15) is 5.09 Å². The van der Waals surface area contributed by atoms with Crippen molar-refractivity contribution in [1.82, 2.24) is 9.99 Å². The Hall–Kier alpha value is -2.86. The van der Waals surface area contributed by atoms with E-state index in [9.17, 15) is 29.2 Å². The number of esters is 1. The van der Waals surface area contributed by atoms with Gasteiger partial charge in [0.05, 0.1) is 19.1 Å². The molecule has 2 heterocycles. The molecule has 0 spiro atoms. The number of ether oxygens (including phenoxy) is 2. The van der Waals surface area contributed by atoms with E-state index in [4.69, 9.17) is 18.5 Å². The van der Waals surface area contributed by atoms with Gasteiger partial charge in [0.2, 0.25) is 5.91 Å². The molecule has 1 aromatic carbocycles. The summed E-state index contributed by atoms with van der Waals surface area (Å²) in [5.74, 6) is -1.59. The number of ketones is 1. The molecule has 1 unspecified atom stereocenters. The van der Waals surface area contributed by atoms with Crippen molar-refractivity contribution in [2.24, 2.45) is 0 Å². The van der Waals surface area contributed by atoms with Gasteiger partial charge in [-0.05, 0) is 39.0 Å². The second-order valence-corrected chi connectivity index (χ2v) is 10.6. The van der Waals surface area contributed by atoms with Gasteiger partial charge < -0.3 is 24.2 Å². The number of nitrogens with one attached hydrogen (secondary N) is 1. The molecule has 37 heavy (non-hydrogen) atoms. The second-order valence-electron chi connectivity index (χ2n) is 8.87. The van der Waals surface area contributed by atoms with E-state index in [2.05, 4.69) is 11.7 Å². The van der Waals surface area contributed by atoms with E-state index in [0.717, 1.165) is 23.3 Å². The largest absolute Gasteiger partial charge is 0.462 e. The molecule has 0 saturated carbocycles. The van der Waals surface area contributed by atoms with Crippen molar-refractivity contribution < 1.29 is 47.7 Å². The van der Waals surface area contributed by atoms with Gasteiger partial charge in [-0.15, -0.1) is 6.58 Å². The molecule has 0 aromatic heterocycles. The summed E-state index contributed by atoms with van der Waals surface area (Å²) in [5.41, 5.74) is -1.83. The molecule has 2 aliphatic heterocycles. The molecule has 1 saturated heterocycles. The van der Waals surface area contributed by atoms with Gasteiger partial charge in [0.1, 0.15) is 29.6 Å². The minimum atomic E-state index is -4.33. The van der Waals surface area contributed by atoms with E-state index in [1.165, 1.54) is 19.1 Å². The van der Waals surface area contributed by atoms with Crippen LogP contribution in [0.2, 0.25) is 0 Å². The summed E-state index contributed by atoms with van der Waals surface area (Å²) in [7, 11) is -4.33. The minimum absolute atomic E-state index is 0.162. The van der Waals surface area contributed by atoms with Crippen LogP contribution < -0.4 is 9.61 Å². The molecular weight excluding hydrogens is 507 g/mol. The number of aliphatic hydroxyl groups is 2. The predicted octanol–water partition coefficient (Wildman–Crippen LogP) is 1.44. The molecule has 6 atom stereocenters. The maximum atomic E-state index is 13.7. The first kappa shape index (κ1) is 28.7. The van der Waals surface area contributed by atoms with Crippen LogP contribution in [0.1, 0.15) is 27.2 Å². The third-order valence-corrected chi connectivity index (χ3v) is 7.22. The molecule has 2 aliphatic rings. The molecule has 0 radical (unpaired) electrons. The van der Waals surface area contributed by atoms with Crippen LogP contribution in [0.15, 0.2) is 55.3 Å². The van der Waals surface area contributed by atoms with Crippen LogP contribution in [0.5, 0.6) is 5.75 Å². The Morgan fingerprint density at radius 3 is 2.57 bits per heavy atom. The van der Waals surface area contributed by atoms with Crippen LogP contribution >= 0.6 is 7.75 Å². The van der Waals surface area contributed by atoms with Gasteiger partial charge in [-0.3, -0.25) is 23.8 Å². The molecule has 12 nitrogen and oxygen atoms in total. The Bertz CT molecular complexity index is 1090. The topological polar surface area (TPSA) is 161 Å². The lowest BCUT2D eigenvalue weighted by atomic mass is 9.96. The van der Waals surface area contributed by atoms with Gasteiger partial charge in [0.15, 0.2) is 12.0 Å². The molecule has 202 valence electrons. The van der Waals surface area contributed by atoms with Gasteiger partial charge in [0, 0.05) is 6.20 Å². The smallest absolute Gasteiger partial charge is 0.459 e. The molecule has 0 bridgehead atoms. The quantitative estimate of drug-likeness (QED) is 0.162. The van der Waals surface area contributed by atoms with Crippen LogP contribution in [0, 0.1) is 0 Å². The first-order valence-electron chi connectivity index (χ1n) is 11.6.